The molecule has 0 aromatic heterocycles. The van der Waals surface area contributed by atoms with Gasteiger partial charge in [0.1, 0.15) is 0 Å². The van der Waals surface area contributed by atoms with Gasteiger partial charge in [0.15, 0.2) is 5.79 Å². The second-order valence-electron chi connectivity index (χ2n) is 3.09. The minimum Gasteiger partial charge on any atom is -0.346 e. The van der Waals surface area contributed by atoms with Crippen LogP contribution in [0.4, 0.5) is 0 Å². The molecule has 1 saturated heterocycles. The van der Waals surface area contributed by atoms with E-state index in [-0.39, 0.29) is 5.79 Å². The summed E-state index contributed by atoms with van der Waals surface area (Å²) in [6.45, 7) is 4.87. The smallest absolute Gasteiger partial charge is 0.188 e. The molecule has 0 spiro atoms. The predicted molar refractivity (Wildman–Crippen MR) is 37.6 cm³/mol. The first-order valence-corrected chi connectivity index (χ1v) is 3.71. The van der Waals surface area contributed by atoms with Crippen LogP contribution in [-0.2, 0) is 9.47 Å². The average Bonchev–Trinajstić information content (AvgIpc) is 2.04. The zero-order chi connectivity index (χ0) is 7.19. The minimum absolute atomic E-state index is 0.318. The topological polar surface area (TPSA) is 18.5 Å². The van der Waals surface area contributed by atoms with Crippen molar-refractivity contribution in [3.05, 3.63) is 11.6 Å². The Morgan fingerprint density at radius 3 is 3.10 bits per heavy atom. The molecule has 0 N–H and O–H groups in total. The molecule has 2 bridgehead atoms. The van der Waals surface area contributed by atoms with Crippen LogP contribution < -0.4 is 0 Å². The molecule has 2 heteroatoms. The lowest BCUT2D eigenvalue weighted by Gasteiger charge is -2.31. The number of ether oxygens (including phenoxy) is 2. The Bertz CT molecular complexity index is 186. The molecule has 10 heavy (non-hydrogen) atoms. The highest BCUT2D eigenvalue weighted by Gasteiger charge is 2.40. The SMILES string of the molecule is CC1=CC2CCOC1(C)O2. The van der Waals surface area contributed by atoms with Crippen LogP contribution in [-0.4, -0.2) is 18.5 Å². The van der Waals surface area contributed by atoms with E-state index in [1.54, 1.807) is 0 Å². The van der Waals surface area contributed by atoms with Gasteiger partial charge in [-0.3, -0.25) is 0 Å². The highest BCUT2D eigenvalue weighted by molar-refractivity contribution is 5.18. The van der Waals surface area contributed by atoms with Crippen molar-refractivity contribution >= 4 is 0 Å². The molecule has 2 heterocycles. The summed E-state index contributed by atoms with van der Waals surface area (Å²) in [5, 5.41) is 0. The van der Waals surface area contributed by atoms with E-state index in [0.29, 0.717) is 6.10 Å². The summed E-state index contributed by atoms with van der Waals surface area (Å²) in [7, 11) is 0. The maximum atomic E-state index is 5.58. The molecule has 2 aliphatic heterocycles. The Kier molecular flexibility index (Phi) is 1.17. The largest absolute Gasteiger partial charge is 0.346 e. The molecular formula is C8H12O2. The number of rotatable bonds is 0. The van der Waals surface area contributed by atoms with Gasteiger partial charge >= 0.3 is 0 Å². The summed E-state index contributed by atoms with van der Waals surface area (Å²) >= 11 is 0. The first-order chi connectivity index (χ1) is 4.71. The molecule has 0 aliphatic carbocycles. The lowest BCUT2D eigenvalue weighted by molar-refractivity contribution is -0.236. The van der Waals surface area contributed by atoms with Gasteiger partial charge in [-0.1, -0.05) is 6.08 Å². The minimum atomic E-state index is -0.386. The van der Waals surface area contributed by atoms with Crippen LogP contribution in [0.1, 0.15) is 20.3 Å². The lowest BCUT2D eigenvalue weighted by atomic mass is 10.1. The Balaban J connectivity index is 2.29. The summed E-state index contributed by atoms with van der Waals surface area (Å²) in [6, 6.07) is 0. The molecule has 2 nitrogen and oxygen atoms in total. The summed E-state index contributed by atoms with van der Waals surface area (Å²) in [5.74, 6) is -0.386. The Labute approximate surface area is 60.8 Å². The van der Waals surface area contributed by atoms with E-state index in [2.05, 4.69) is 13.0 Å². The molecule has 2 aliphatic rings. The van der Waals surface area contributed by atoms with Crippen molar-refractivity contribution < 1.29 is 9.47 Å². The Morgan fingerprint density at radius 2 is 2.50 bits per heavy atom. The predicted octanol–water partition coefficient (Wildman–Crippen LogP) is 1.47. The van der Waals surface area contributed by atoms with Crippen molar-refractivity contribution in [3.63, 3.8) is 0 Å². The van der Waals surface area contributed by atoms with Crippen LogP contribution in [0.15, 0.2) is 11.6 Å². The van der Waals surface area contributed by atoms with Crippen molar-refractivity contribution in [1.29, 1.82) is 0 Å². The van der Waals surface area contributed by atoms with E-state index in [0.717, 1.165) is 13.0 Å². The van der Waals surface area contributed by atoms with Crippen molar-refractivity contribution in [1.82, 2.24) is 0 Å². The first kappa shape index (κ1) is 6.38. The van der Waals surface area contributed by atoms with E-state index < -0.39 is 0 Å². The van der Waals surface area contributed by atoms with Gasteiger partial charge in [-0.2, -0.15) is 0 Å². The second-order valence-corrected chi connectivity index (χ2v) is 3.09. The fourth-order valence-electron chi connectivity index (χ4n) is 1.51. The van der Waals surface area contributed by atoms with Crippen LogP contribution >= 0.6 is 0 Å². The average molecular weight is 140 g/mol. The van der Waals surface area contributed by atoms with Crippen LogP contribution in [0.3, 0.4) is 0 Å². The summed E-state index contributed by atoms with van der Waals surface area (Å²) < 4.78 is 11.1. The summed E-state index contributed by atoms with van der Waals surface area (Å²) in [4.78, 5) is 0. The molecule has 2 unspecified atom stereocenters. The third-order valence-corrected chi connectivity index (χ3v) is 2.31. The molecule has 0 saturated carbocycles. The number of fused-ring (bicyclic) bond motifs is 2. The molecule has 1 fully saturated rings. The zero-order valence-electron chi connectivity index (χ0n) is 6.39. The summed E-state index contributed by atoms with van der Waals surface area (Å²) in [5.41, 5.74) is 1.22. The van der Waals surface area contributed by atoms with Crippen LogP contribution in [0, 0.1) is 0 Å². The Hall–Kier alpha value is -0.340. The molecule has 56 valence electrons. The van der Waals surface area contributed by atoms with Crippen molar-refractivity contribution in [2.45, 2.75) is 32.2 Å². The first-order valence-electron chi connectivity index (χ1n) is 3.71. The van der Waals surface area contributed by atoms with E-state index >= 15 is 0 Å². The van der Waals surface area contributed by atoms with Gasteiger partial charge < -0.3 is 9.47 Å². The van der Waals surface area contributed by atoms with Gasteiger partial charge in [0, 0.05) is 6.42 Å². The number of hydrogen-bond donors (Lipinski definition) is 0. The van der Waals surface area contributed by atoms with E-state index in [1.165, 1.54) is 5.57 Å². The maximum absolute atomic E-state index is 5.58. The quantitative estimate of drug-likeness (QED) is 0.474. The maximum Gasteiger partial charge on any atom is 0.188 e. The molecule has 0 amide bonds. The molecular weight excluding hydrogens is 128 g/mol. The van der Waals surface area contributed by atoms with Gasteiger partial charge in [-0.15, -0.1) is 0 Å². The second kappa shape index (κ2) is 1.83. The van der Waals surface area contributed by atoms with Crippen molar-refractivity contribution in [2.24, 2.45) is 0 Å². The van der Waals surface area contributed by atoms with Gasteiger partial charge in [-0.25, -0.2) is 0 Å². The number of hydrogen-bond acceptors (Lipinski definition) is 2. The third kappa shape index (κ3) is 0.724. The fourth-order valence-corrected chi connectivity index (χ4v) is 1.51. The van der Waals surface area contributed by atoms with E-state index in [1.807, 2.05) is 6.92 Å². The zero-order valence-corrected chi connectivity index (χ0v) is 6.39. The molecule has 0 aromatic carbocycles. The molecule has 0 aromatic rings. The molecule has 2 rings (SSSR count). The van der Waals surface area contributed by atoms with Crippen LogP contribution in [0.5, 0.6) is 0 Å². The normalized spacial score (nSPS) is 45.4. The summed E-state index contributed by atoms with van der Waals surface area (Å²) in [6.07, 6.45) is 3.48. The fraction of sp³-hybridized carbons (Fsp3) is 0.750. The third-order valence-electron chi connectivity index (χ3n) is 2.31. The van der Waals surface area contributed by atoms with Gasteiger partial charge in [0.25, 0.3) is 0 Å². The monoisotopic (exact) mass is 140 g/mol. The van der Waals surface area contributed by atoms with E-state index in [9.17, 15) is 0 Å². The lowest BCUT2D eigenvalue weighted by Crippen LogP contribution is -2.36. The van der Waals surface area contributed by atoms with Crippen LogP contribution in [0.25, 0.3) is 0 Å². The molecule has 2 atom stereocenters. The van der Waals surface area contributed by atoms with Gasteiger partial charge in [-0.05, 0) is 19.4 Å². The van der Waals surface area contributed by atoms with Gasteiger partial charge in [0.05, 0.1) is 12.7 Å². The van der Waals surface area contributed by atoms with Gasteiger partial charge in [0.2, 0.25) is 0 Å². The van der Waals surface area contributed by atoms with Crippen molar-refractivity contribution in [3.8, 4) is 0 Å². The highest BCUT2D eigenvalue weighted by atomic mass is 16.7. The van der Waals surface area contributed by atoms with Crippen molar-refractivity contribution in [2.75, 3.05) is 6.61 Å². The van der Waals surface area contributed by atoms with E-state index in [4.69, 9.17) is 9.47 Å². The standard InChI is InChI=1S/C8H12O2/c1-6-5-7-3-4-9-8(6,2)10-7/h5,7H,3-4H2,1-2H3. The van der Waals surface area contributed by atoms with Crippen LogP contribution in [0.2, 0.25) is 0 Å². The molecule has 0 radical (unpaired) electrons. The Morgan fingerprint density at radius 1 is 1.70 bits per heavy atom. The highest BCUT2D eigenvalue weighted by Crippen LogP contribution is 2.36.